The van der Waals surface area contributed by atoms with Gasteiger partial charge in [-0.05, 0) is 94.9 Å². The monoisotopic (exact) mass is 755 g/mol. The summed E-state index contributed by atoms with van der Waals surface area (Å²) < 4.78 is 0. The van der Waals surface area contributed by atoms with Crippen molar-refractivity contribution in [2.75, 3.05) is 0 Å². The second-order valence-electron chi connectivity index (χ2n) is 14.0. The number of benzene rings is 2. The number of aromatic nitrogens is 1. The molecular formula is C39H54Cl4N3V-3. The van der Waals surface area contributed by atoms with Crippen molar-refractivity contribution in [3.05, 3.63) is 86.2 Å². The van der Waals surface area contributed by atoms with Crippen molar-refractivity contribution in [2.24, 2.45) is 9.98 Å². The quantitative estimate of drug-likeness (QED) is 0.291. The normalized spacial score (nSPS) is 12.0. The Kier molecular flexibility index (Phi) is 20.7. The summed E-state index contributed by atoms with van der Waals surface area (Å²) in [5, 5.41) is 0.635. The summed E-state index contributed by atoms with van der Waals surface area (Å²) in [5.74, 6) is 2.34. The average molecular weight is 758 g/mol. The molecule has 0 spiro atoms. The zero-order valence-electron chi connectivity index (χ0n) is 30.7. The van der Waals surface area contributed by atoms with Crippen molar-refractivity contribution in [3.63, 3.8) is 0 Å². The van der Waals surface area contributed by atoms with E-state index >= 15 is 0 Å². The molecule has 0 amide bonds. The van der Waals surface area contributed by atoms with E-state index in [1.165, 1.54) is 33.4 Å². The third kappa shape index (κ3) is 11.9. The zero-order chi connectivity index (χ0) is 32.3. The van der Waals surface area contributed by atoms with E-state index in [-0.39, 0.29) is 55.8 Å². The van der Waals surface area contributed by atoms with Crippen LogP contribution < -0.4 is 37.2 Å². The van der Waals surface area contributed by atoms with Gasteiger partial charge in [-0.3, -0.25) is 9.98 Å². The Morgan fingerprint density at radius 3 is 0.957 bits per heavy atom. The molecule has 0 saturated heterocycles. The summed E-state index contributed by atoms with van der Waals surface area (Å²) in [6.45, 7) is 31.1. The van der Waals surface area contributed by atoms with Gasteiger partial charge in [0.15, 0.2) is 0 Å². The molecule has 1 aromatic heterocycles. The molecule has 0 N–H and O–H groups in total. The van der Waals surface area contributed by atoms with Crippen LogP contribution in [0.3, 0.4) is 0 Å². The van der Waals surface area contributed by atoms with Gasteiger partial charge in [-0.2, -0.15) is 0 Å². The molecule has 0 aliphatic carbocycles. The first-order chi connectivity index (χ1) is 20.0. The molecular weight excluding hydrogens is 703 g/mol. The summed E-state index contributed by atoms with van der Waals surface area (Å²) >= 11 is 6.73. The van der Waals surface area contributed by atoms with Crippen LogP contribution in [0.1, 0.15) is 177 Å². The predicted molar refractivity (Wildman–Crippen MR) is 190 cm³/mol. The van der Waals surface area contributed by atoms with Gasteiger partial charge in [0, 0.05) is 23.6 Å². The van der Waals surface area contributed by atoms with E-state index in [1.54, 1.807) is 0 Å². The van der Waals surface area contributed by atoms with Crippen LogP contribution in [0.2, 0.25) is 5.02 Å². The molecule has 0 fully saturated rings. The van der Waals surface area contributed by atoms with Gasteiger partial charge in [-0.25, -0.2) is 4.98 Å². The first-order valence-electron chi connectivity index (χ1n) is 16.2. The molecule has 0 unspecified atom stereocenters. The van der Waals surface area contributed by atoms with Gasteiger partial charge in [0.25, 0.3) is 0 Å². The summed E-state index contributed by atoms with van der Waals surface area (Å²) in [6, 6.07) is 13.2. The van der Waals surface area contributed by atoms with Crippen LogP contribution in [0.5, 0.6) is 0 Å². The van der Waals surface area contributed by atoms with Crippen LogP contribution in [-0.2, 0) is 18.6 Å². The SMILES string of the molecule is CC(=Nc1c(C(C)C)cc(C(C)C)cc1C(C)C)c1cc(Cl)cc(C(C)=Nc2c(C(C)C)cc(C(C)C)cc2C(C)C)n1.[Cl-].[Cl-].[Cl-].[V]. The Labute approximate surface area is 321 Å². The number of rotatable bonds is 10. The Balaban J connectivity index is 0. The number of hydrogen-bond acceptors (Lipinski definition) is 3. The average Bonchev–Trinajstić information content (AvgIpc) is 2.91. The van der Waals surface area contributed by atoms with Gasteiger partial charge in [0.05, 0.1) is 34.2 Å². The van der Waals surface area contributed by atoms with Crippen molar-refractivity contribution in [3.8, 4) is 0 Å². The largest absolute Gasteiger partial charge is 1.00 e. The summed E-state index contributed by atoms with van der Waals surface area (Å²) in [6.07, 6.45) is 0. The minimum Gasteiger partial charge on any atom is -1.00 e. The molecule has 3 rings (SSSR count). The van der Waals surface area contributed by atoms with Gasteiger partial charge < -0.3 is 37.2 Å². The Morgan fingerprint density at radius 1 is 0.489 bits per heavy atom. The van der Waals surface area contributed by atoms with Crippen LogP contribution in [0.4, 0.5) is 11.4 Å². The van der Waals surface area contributed by atoms with Gasteiger partial charge >= 0.3 is 0 Å². The maximum atomic E-state index is 6.73. The fraction of sp³-hybridized carbons (Fsp3) is 0.513. The summed E-state index contributed by atoms with van der Waals surface area (Å²) in [7, 11) is 0. The smallest absolute Gasteiger partial charge is 0.0864 e. The van der Waals surface area contributed by atoms with Crippen LogP contribution >= 0.6 is 11.6 Å². The number of nitrogens with zero attached hydrogens (tertiary/aromatic N) is 3. The third-order valence-electron chi connectivity index (χ3n) is 8.29. The van der Waals surface area contributed by atoms with E-state index in [2.05, 4.69) is 107 Å². The third-order valence-corrected chi connectivity index (χ3v) is 8.51. The van der Waals surface area contributed by atoms with E-state index in [4.69, 9.17) is 26.6 Å². The Bertz CT molecular complexity index is 1350. The second-order valence-corrected chi connectivity index (χ2v) is 14.4. The van der Waals surface area contributed by atoms with Crippen molar-refractivity contribution in [2.45, 2.75) is 132 Å². The molecule has 3 aromatic rings. The van der Waals surface area contributed by atoms with Crippen LogP contribution in [0, 0.1) is 0 Å². The van der Waals surface area contributed by atoms with E-state index in [1.807, 2.05) is 26.0 Å². The minimum absolute atomic E-state index is 0. The van der Waals surface area contributed by atoms with Crippen LogP contribution in [-0.4, -0.2) is 16.4 Å². The molecule has 0 saturated carbocycles. The molecule has 1 radical (unpaired) electrons. The molecule has 2 aromatic carbocycles. The number of halogens is 4. The van der Waals surface area contributed by atoms with E-state index in [9.17, 15) is 0 Å². The first-order valence-corrected chi connectivity index (χ1v) is 16.5. The second kappa shape index (κ2) is 20.4. The van der Waals surface area contributed by atoms with Gasteiger partial charge in [0.1, 0.15) is 0 Å². The van der Waals surface area contributed by atoms with Crippen molar-refractivity contribution < 1.29 is 55.8 Å². The minimum atomic E-state index is 0. The number of pyridine rings is 1. The molecule has 261 valence electrons. The summed E-state index contributed by atoms with van der Waals surface area (Å²) in [4.78, 5) is 15.6. The van der Waals surface area contributed by atoms with Crippen LogP contribution in [0.25, 0.3) is 0 Å². The molecule has 0 aliphatic rings. The fourth-order valence-corrected chi connectivity index (χ4v) is 5.62. The van der Waals surface area contributed by atoms with Gasteiger partial charge in [-0.15, -0.1) is 0 Å². The number of aliphatic imine (C=N–C) groups is 2. The molecule has 0 aliphatic heterocycles. The Morgan fingerprint density at radius 2 is 0.745 bits per heavy atom. The van der Waals surface area contributed by atoms with E-state index in [0.717, 1.165) is 34.2 Å². The summed E-state index contributed by atoms with van der Waals surface area (Å²) in [5.41, 5.74) is 13.2. The van der Waals surface area contributed by atoms with Crippen molar-refractivity contribution in [1.29, 1.82) is 0 Å². The molecule has 8 heteroatoms. The van der Waals surface area contributed by atoms with E-state index < -0.39 is 0 Å². The fourth-order valence-electron chi connectivity index (χ4n) is 5.41. The maximum Gasteiger partial charge on any atom is 0.0864 e. The van der Waals surface area contributed by atoms with E-state index in [0.29, 0.717) is 40.5 Å². The number of hydrogen-bond donors (Lipinski definition) is 0. The maximum absolute atomic E-state index is 6.73. The predicted octanol–water partition coefficient (Wildman–Crippen LogP) is 3.77. The van der Waals surface area contributed by atoms with Gasteiger partial charge in [0.2, 0.25) is 0 Å². The van der Waals surface area contributed by atoms with Gasteiger partial charge in [-0.1, -0.05) is 119 Å². The molecule has 1 heterocycles. The molecule has 0 bridgehead atoms. The molecule has 47 heavy (non-hydrogen) atoms. The topological polar surface area (TPSA) is 37.6 Å². The van der Waals surface area contributed by atoms with Crippen molar-refractivity contribution in [1.82, 2.24) is 4.98 Å². The molecule has 3 nitrogen and oxygen atoms in total. The Hall–Kier alpha value is -1.33. The standard InChI is InChI=1S/C39H54ClN3.3ClH.V/c1-21(2)29-15-32(23(5)6)38(33(16-29)24(7)8)41-27(13)36-19-31(40)20-37(43-36)28(14)42-39-34(25(9)10)17-30(22(3)4)18-35(39)26(11)12;;;;/h15-26H,1-14H3;3*1H;/p-3. The molecule has 0 atom stereocenters. The van der Waals surface area contributed by atoms with Crippen molar-refractivity contribution >= 4 is 34.4 Å². The first kappa shape index (κ1) is 47.8. The zero-order valence-corrected chi connectivity index (χ0v) is 35.1. The van der Waals surface area contributed by atoms with Crippen LogP contribution in [0.15, 0.2) is 46.4 Å².